The summed E-state index contributed by atoms with van der Waals surface area (Å²) in [5.74, 6) is 0.422. The Labute approximate surface area is 243 Å². The van der Waals surface area contributed by atoms with Crippen LogP contribution in [0.3, 0.4) is 0 Å². The topological polar surface area (TPSA) is 79.4 Å². The molecule has 0 saturated carbocycles. The number of halogens is 1. The number of benzene rings is 2. The van der Waals surface area contributed by atoms with E-state index in [1.807, 2.05) is 49.4 Å². The Bertz CT molecular complexity index is 1810. The van der Waals surface area contributed by atoms with Gasteiger partial charge >= 0.3 is 11.3 Å². The molecule has 208 valence electrons. The normalized spacial score (nSPS) is 17.9. The second-order valence-electron chi connectivity index (χ2n) is 10.6. The number of anilines is 1. The molecule has 4 aromatic rings. The Morgan fingerprint density at radius 3 is 2.66 bits per heavy atom. The standard InChI is InChI=1S/C32H31ClN5O3/c1-5-21-11-9-13-23-20(4)37-29(24-12-8-7-10-22(24)18-39)26(33)16-25-30(34-32(41)38(28(21)23)31(25)37)36-15-14-35(17-19(36)3)27(40)6-2/h6-13,16,18-20H,2,5,14-15,17H2,1,3-4H3/q+1/t19-,20?/m0/s1. The van der Waals surface area contributed by atoms with Crippen LogP contribution in [-0.4, -0.2) is 52.3 Å². The molecule has 6 rings (SSSR count). The largest absolute Gasteiger partial charge is 0.442 e. The average Bonchev–Trinajstić information content (AvgIpc) is 2.99. The Morgan fingerprint density at radius 2 is 1.95 bits per heavy atom. The Morgan fingerprint density at radius 1 is 1.17 bits per heavy atom. The van der Waals surface area contributed by atoms with Crippen molar-refractivity contribution in [3.8, 4) is 16.9 Å². The van der Waals surface area contributed by atoms with Crippen LogP contribution in [0.15, 0.2) is 66.0 Å². The number of carbonyl (C=O) groups is 2. The monoisotopic (exact) mass is 568 g/mol. The number of amides is 1. The Kier molecular flexibility index (Phi) is 6.74. The van der Waals surface area contributed by atoms with E-state index in [-0.39, 0.29) is 23.7 Å². The lowest BCUT2D eigenvalue weighted by molar-refractivity contribution is -0.678. The quantitative estimate of drug-likeness (QED) is 0.201. The second kappa shape index (κ2) is 10.3. The van der Waals surface area contributed by atoms with Crippen molar-refractivity contribution in [1.82, 2.24) is 14.5 Å². The zero-order chi connectivity index (χ0) is 29.0. The van der Waals surface area contributed by atoms with Gasteiger partial charge in [-0.25, -0.2) is 9.36 Å². The summed E-state index contributed by atoms with van der Waals surface area (Å²) < 4.78 is 3.79. The number of fused-ring (bicyclic) bond motifs is 2. The smallest absolute Gasteiger partial charge is 0.349 e. The number of aromatic nitrogens is 3. The molecule has 1 saturated heterocycles. The van der Waals surface area contributed by atoms with Crippen LogP contribution in [0.5, 0.6) is 0 Å². The molecule has 0 radical (unpaired) electrons. The number of hydrogen-bond acceptors (Lipinski definition) is 5. The minimum Gasteiger partial charge on any atom is -0.349 e. The summed E-state index contributed by atoms with van der Waals surface area (Å²) in [6.45, 7) is 11.3. The van der Waals surface area contributed by atoms with Gasteiger partial charge in [0, 0.05) is 42.4 Å². The summed E-state index contributed by atoms with van der Waals surface area (Å²) in [4.78, 5) is 47.0. The van der Waals surface area contributed by atoms with Crippen molar-refractivity contribution in [2.24, 2.45) is 0 Å². The molecule has 0 aliphatic carbocycles. The maximum absolute atomic E-state index is 14.1. The third kappa shape index (κ3) is 4.08. The lowest BCUT2D eigenvalue weighted by Crippen LogP contribution is -2.55. The first-order valence-corrected chi connectivity index (χ1v) is 14.2. The zero-order valence-electron chi connectivity index (χ0n) is 23.3. The predicted octanol–water partition coefficient (Wildman–Crippen LogP) is 4.51. The highest BCUT2D eigenvalue weighted by Crippen LogP contribution is 2.39. The molecule has 4 heterocycles. The van der Waals surface area contributed by atoms with Crippen molar-refractivity contribution in [3.63, 3.8) is 0 Å². The maximum atomic E-state index is 14.1. The third-order valence-electron chi connectivity index (χ3n) is 8.37. The van der Waals surface area contributed by atoms with Crippen LogP contribution >= 0.6 is 11.6 Å². The van der Waals surface area contributed by atoms with Crippen molar-refractivity contribution in [3.05, 3.63) is 93.4 Å². The fourth-order valence-electron chi connectivity index (χ4n) is 6.41. The number of carbonyl (C=O) groups excluding carboxylic acids is 2. The molecule has 2 aromatic carbocycles. The second-order valence-corrected chi connectivity index (χ2v) is 11.0. The van der Waals surface area contributed by atoms with Crippen LogP contribution in [0.2, 0.25) is 5.02 Å². The molecule has 0 bridgehead atoms. The van der Waals surface area contributed by atoms with Gasteiger partial charge in [-0.3, -0.25) is 9.59 Å². The number of nitrogens with zero attached hydrogens (tertiary/aromatic N) is 5. The molecule has 9 heteroatoms. The zero-order valence-corrected chi connectivity index (χ0v) is 24.1. The van der Waals surface area contributed by atoms with Crippen LogP contribution in [0.25, 0.3) is 28.0 Å². The molecule has 41 heavy (non-hydrogen) atoms. The van der Waals surface area contributed by atoms with Crippen LogP contribution in [0, 0.1) is 0 Å². The van der Waals surface area contributed by atoms with E-state index in [2.05, 4.69) is 34.9 Å². The van der Waals surface area contributed by atoms with Gasteiger partial charge in [-0.15, -0.1) is 4.57 Å². The molecular formula is C32H31ClN5O3+. The van der Waals surface area contributed by atoms with Crippen molar-refractivity contribution in [2.45, 2.75) is 39.3 Å². The van der Waals surface area contributed by atoms with Gasteiger partial charge in [0.15, 0.2) is 17.8 Å². The van der Waals surface area contributed by atoms with E-state index in [0.717, 1.165) is 34.9 Å². The van der Waals surface area contributed by atoms with Gasteiger partial charge in [0.1, 0.15) is 17.1 Å². The van der Waals surface area contributed by atoms with Gasteiger partial charge in [0.05, 0.1) is 5.02 Å². The molecule has 1 unspecified atom stereocenters. The lowest BCUT2D eigenvalue weighted by atomic mass is 9.95. The van der Waals surface area contributed by atoms with Crippen molar-refractivity contribution < 1.29 is 14.2 Å². The third-order valence-corrected chi connectivity index (χ3v) is 8.66. The summed E-state index contributed by atoms with van der Waals surface area (Å²) in [5, 5.41) is 1.19. The fourth-order valence-corrected chi connectivity index (χ4v) is 6.71. The maximum Gasteiger partial charge on any atom is 0.442 e. The summed E-state index contributed by atoms with van der Waals surface area (Å²) >= 11 is 7.11. The number of aryl methyl sites for hydroxylation is 1. The van der Waals surface area contributed by atoms with Gasteiger partial charge in [-0.05, 0) is 44.0 Å². The highest BCUT2D eigenvalue weighted by atomic mass is 35.5. The van der Waals surface area contributed by atoms with Gasteiger partial charge in [0.2, 0.25) is 5.91 Å². The first-order chi connectivity index (χ1) is 19.8. The van der Waals surface area contributed by atoms with Crippen LogP contribution < -0.4 is 15.2 Å². The Balaban J connectivity index is 1.70. The van der Waals surface area contributed by atoms with E-state index in [0.29, 0.717) is 52.9 Å². The van der Waals surface area contributed by atoms with Crippen LogP contribution in [0.4, 0.5) is 5.82 Å². The van der Waals surface area contributed by atoms with Gasteiger partial charge < -0.3 is 9.80 Å². The number of hydrogen-bond donors (Lipinski definition) is 0. The fraction of sp³-hybridized carbons (Fsp3) is 0.281. The minimum atomic E-state index is -0.385. The molecule has 8 nitrogen and oxygen atoms in total. The van der Waals surface area contributed by atoms with E-state index in [4.69, 9.17) is 11.6 Å². The molecule has 0 N–H and O–H groups in total. The number of pyridine rings is 1. The Hall–Kier alpha value is -4.30. The highest BCUT2D eigenvalue weighted by Gasteiger charge is 2.40. The first-order valence-electron chi connectivity index (χ1n) is 13.9. The molecular weight excluding hydrogens is 538 g/mol. The van der Waals surface area contributed by atoms with Crippen molar-refractivity contribution in [2.75, 3.05) is 24.5 Å². The number of para-hydroxylation sites is 1. The van der Waals surface area contributed by atoms with Crippen molar-refractivity contribution in [1.29, 1.82) is 0 Å². The van der Waals surface area contributed by atoms with E-state index in [9.17, 15) is 14.4 Å². The van der Waals surface area contributed by atoms with E-state index in [1.54, 1.807) is 15.5 Å². The molecule has 2 aliphatic heterocycles. The summed E-state index contributed by atoms with van der Waals surface area (Å²) in [7, 11) is 0. The molecule has 2 aromatic heterocycles. The lowest BCUT2D eigenvalue weighted by Gasteiger charge is -2.40. The van der Waals surface area contributed by atoms with E-state index < -0.39 is 0 Å². The van der Waals surface area contributed by atoms with Crippen LogP contribution in [-0.2, 0) is 11.2 Å². The highest BCUT2D eigenvalue weighted by molar-refractivity contribution is 6.33. The molecule has 2 atom stereocenters. The molecule has 1 fully saturated rings. The SMILES string of the molecule is C=CC(=O)N1CCN(c2nc(=O)n3c4c2cc(Cl)c(-c2ccccc2C=O)[n+]4C(C)c2cccc(CC)c2-3)[C@@H](C)C1. The van der Waals surface area contributed by atoms with E-state index >= 15 is 0 Å². The van der Waals surface area contributed by atoms with Crippen molar-refractivity contribution >= 4 is 40.6 Å². The number of rotatable bonds is 5. The molecule has 1 amide bonds. The summed E-state index contributed by atoms with van der Waals surface area (Å²) in [5.41, 5.74) is 5.05. The number of aldehydes is 1. The van der Waals surface area contributed by atoms with Gasteiger partial charge in [0.25, 0.3) is 0 Å². The van der Waals surface area contributed by atoms with Crippen LogP contribution in [0.1, 0.15) is 48.3 Å². The minimum absolute atomic E-state index is 0.0971. The molecule has 2 aliphatic rings. The van der Waals surface area contributed by atoms with E-state index in [1.165, 1.54) is 6.08 Å². The predicted molar refractivity (Wildman–Crippen MR) is 160 cm³/mol. The first kappa shape index (κ1) is 26.9. The molecule has 0 spiro atoms. The van der Waals surface area contributed by atoms with Gasteiger partial charge in [-0.2, -0.15) is 4.98 Å². The number of piperazine rings is 1. The summed E-state index contributed by atoms with van der Waals surface area (Å²) in [6, 6.07) is 15.0. The average molecular weight is 569 g/mol. The summed E-state index contributed by atoms with van der Waals surface area (Å²) in [6.07, 6.45) is 2.90. The van der Waals surface area contributed by atoms with Gasteiger partial charge in [-0.1, -0.05) is 61.5 Å².